The Morgan fingerprint density at radius 1 is 1.05 bits per heavy atom. The Labute approximate surface area is 130 Å². The SMILES string of the molecule is COc1ccc(OC)c(C(=O)c2ccc(Br)cc2Cl)c1. The van der Waals surface area contributed by atoms with E-state index in [1.165, 1.54) is 7.11 Å². The first-order valence-corrected chi connectivity index (χ1v) is 6.95. The van der Waals surface area contributed by atoms with Crippen molar-refractivity contribution >= 4 is 33.3 Å². The number of carbonyl (C=O) groups excluding carboxylic acids is 1. The molecule has 0 unspecified atom stereocenters. The molecule has 0 aliphatic carbocycles. The largest absolute Gasteiger partial charge is 0.497 e. The lowest BCUT2D eigenvalue weighted by atomic mass is 10.0. The van der Waals surface area contributed by atoms with Gasteiger partial charge in [-0.25, -0.2) is 0 Å². The number of methoxy groups -OCH3 is 2. The minimum Gasteiger partial charge on any atom is -0.497 e. The van der Waals surface area contributed by atoms with Gasteiger partial charge in [0.25, 0.3) is 0 Å². The summed E-state index contributed by atoms with van der Waals surface area (Å²) in [6.45, 7) is 0. The van der Waals surface area contributed by atoms with E-state index in [1.54, 1.807) is 43.5 Å². The van der Waals surface area contributed by atoms with Gasteiger partial charge in [0.2, 0.25) is 0 Å². The fourth-order valence-electron chi connectivity index (χ4n) is 1.81. The van der Waals surface area contributed by atoms with Crippen LogP contribution in [0.1, 0.15) is 15.9 Å². The van der Waals surface area contributed by atoms with Crippen LogP contribution in [-0.4, -0.2) is 20.0 Å². The zero-order chi connectivity index (χ0) is 14.7. The molecule has 0 saturated heterocycles. The van der Waals surface area contributed by atoms with Crippen molar-refractivity contribution in [3.05, 3.63) is 57.0 Å². The van der Waals surface area contributed by atoms with E-state index in [-0.39, 0.29) is 5.78 Å². The summed E-state index contributed by atoms with van der Waals surface area (Å²) >= 11 is 9.43. The number of ketones is 1. The summed E-state index contributed by atoms with van der Waals surface area (Å²) in [7, 11) is 3.06. The highest BCUT2D eigenvalue weighted by atomic mass is 79.9. The zero-order valence-corrected chi connectivity index (χ0v) is 13.3. The molecular formula is C15H12BrClO3. The monoisotopic (exact) mass is 354 g/mol. The lowest BCUT2D eigenvalue weighted by Crippen LogP contribution is -2.05. The van der Waals surface area contributed by atoms with Crippen molar-refractivity contribution in [3.63, 3.8) is 0 Å². The third-order valence-electron chi connectivity index (χ3n) is 2.83. The van der Waals surface area contributed by atoms with Gasteiger partial charge < -0.3 is 9.47 Å². The number of hydrogen-bond donors (Lipinski definition) is 0. The minimum atomic E-state index is -0.210. The second-order valence-electron chi connectivity index (χ2n) is 4.02. The van der Waals surface area contributed by atoms with Crippen LogP contribution in [-0.2, 0) is 0 Å². The number of hydrogen-bond acceptors (Lipinski definition) is 3. The lowest BCUT2D eigenvalue weighted by Gasteiger charge is -2.10. The number of rotatable bonds is 4. The average molecular weight is 356 g/mol. The Kier molecular flexibility index (Phi) is 4.68. The molecule has 20 heavy (non-hydrogen) atoms. The van der Waals surface area contributed by atoms with Crippen molar-refractivity contribution in [2.24, 2.45) is 0 Å². The van der Waals surface area contributed by atoms with Gasteiger partial charge >= 0.3 is 0 Å². The van der Waals surface area contributed by atoms with Gasteiger partial charge in [0.15, 0.2) is 5.78 Å². The van der Waals surface area contributed by atoms with Crippen LogP contribution in [0.3, 0.4) is 0 Å². The molecule has 2 aromatic rings. The summed E-state index contributed by atoms with van der Waals surface area (Å²) in [6, 6.07) is 10.2. The Hall–Kier alpha value is -1.52. The Morgan fingerprint density at radius 2 is 1.80 bits per heavy atom. The van der Waals surface area contributed by atoms with Gasteiger partial charge in [0.05, 0.1) is 24.8 Å². The fourth-order valence-corrected chi connectivity index (χ4v) is 2.57. The Morgan fingerprint density at radius 3 is 2.40 bits per heavy atom. The molecular weight excluding hydrogens is 344 g/mol. The highest BCUT2D eigenvalue weighted by molar-refractivity contribution is 9.10. The molecule has 104 valence electrons. The molecule has 0 heterocycles. The Balaban J connectivity index is 2.51. The highest BCUT2D eigenvalue weighted by Crippen LogP contribution is 2.29. The summed E-state index contributed by atoms with van der Waals surface area (Å²) in [4.78, 5) is 12.6. The van der Waals surface area contributed by atoms with Crippen molar-refractivity contribution in [2.75, 3.05) is 14.2 Å². The van der Waals surface area contributed by atoms with Gasteiger partial charge in [0, 0.05) is 10.0 Å². The number of ether oxygens (including phenoxy) is 2. The first kappa shape index (κ1) is 14.9. The highest BCUT2D eigenvalue weighted by Gasteiger charge is 2.18. The molecule has 0 saturated carbocycles. The van der Waals surface area contributed by atoms with Crippen molar-refractivity contribution in [1.29, 1.82) is 0 Å². The molecule has 0 aliphatic heterocycles. The second kappa shape index (κ2) is 6.29. The number of carbonyl (C=O) groups is 1. The van der Waals surface area contributed by atoms with E-state index >= 15 is 0 Å². The normalized spacial score (nSPS) is 10.2. The maximum Gasteiger partial charge on any atom is 0.198 e. The van der Waals surface area contributed by atoms with Gasteiger partial charge in [-0.15, -0.1) is 0 Å². The van der Waals surface area contributed by atoms with Crippen molar-refractivity contribution in [3.8, 4) is 11.5 Å². The first-order valence-electron chi connectivity index (χ1n) is 5.78. The van der Waals surface area contributed by atoms with Crippen LogP contribution in [0.5, 0.6) is 11.5 Å². The standard InChI is InChI=1S/C15H12BrClO3/c1-19-10-4-6-14(20-2)12(8-10)15(18)11-5-3-9(16)7-13(11)17/h3-8H,1-2H3. The molecule has 0 amide bonds. The fraction of sp³-hybridized carbons (Fsp3) is 0.133. The van der Waals surface area contributed by atoms with Crippen LogP contribution in [0.15, 0.2) is 40.9 Å². The topological polar surface area (TPSA) is 35.5 Å². The van der Waals surface area contributed by atoms with Crippen LogP contribution in [0.4, 0.5) is 0 Å². The summed E-state index contributed by atoms with van der Waals surface area (Å²) in [5.41, 5.74) is 0.831. The van der Waals surface area contributed by atoms with Crippen LogP contribution < -0.4 is 9.47 Å². The summed E-state index contributed by atoms with van der Waals surface area (Å²) < 4.78 is 11.2. The molecule has 0 N–H and O–H groups in total. The first-order chi connectivity index (χ1) is 9.56. The van der Waals surface area contributed by atoms with Crippen molar-refractivity contribution < 1.29 is 14.3 Å². The molecule has 0 radical (unpaired) electrons. The van der Waals surface area contributed by atoms with Crippen molar-refractivity contribution in [1.82, 2.24) is 0 Å². The number of halogens is 2. The predicted octanol–water partition coefficient (Wildman–Crippen LogP) is 4.35. The molecule has 5 heteroatoms. The maximum atomic E-state index is 12.6. The third kappa shape index (κ3) is 2.97. The van der Waals surface area contributed by atoms with Gasteiger partial charge in [-0.3, -0.25) is 4.79 Å². The van der Waals surface area contributed by atoms with Gasteiger partial charge in [-0.05, 0) is 36.4 Å². The van der Waals surface area contributed by atoms with E-state index in [2.05, 4.69) is 15.9 Å². The second-order valence-corrected chi connectivity index (χ2v) is 5.34. The van der Waals surface area contributed by atoms with E-state index in [4.69, 9.17) is 21.1 Å². The molecule has 3 nitrogen and oxygen atoms in total. The van der Waals surface area contributed by atoms with Crippen LogP contribution in [0.25, 0.3) is 0 Å². The molecule has 0 atom stereocenters. The molecule has 2 aromatic carbocycles. The van der Waals surface area contributed by atoms with Gasteiger partial charge in [0.1, 0.15) is 11.5 Å². The lowest BCUT2D eigenvalue weighted by molar-refractivity contribution is 0.103. The van der Waals surface area contributed by atoms with E-state index in [0.29, 0.717) is 27.6 Å². The quantitative estimate of drug-likeness (QED) is 0.765. The molecule has 0 aliphatic rings. The van der Waals surface area contributed by atoms with Crippen LogP contribution in [0.2, 0.25) is 5.02 Å². The molecule has 0 fully saturated rings. The maximum absolute atomic E-state index is 12.6. The summed E-state index contributed by atoms with van der Waals surface area (Å²) in [5.74, 6) is 0.857. The van der Waals surface area contributed by atoms with Gasteiger partial charge in [-0.1, -0.05) is 27.5 Å². The smallest absolute Gasteiger partial charge is 0.198 e. The van der Waals surface area contributed by atoms with E-state index in [0.717, 1.165) is 4.47 Å². The Bertz CT molecular complexity index is 656. The summed E-state index contributed by atoms with van der Waals surface area (Å²) in [6.07, 6.45) is 0. The van der Waals surface area contributed by atoms with E-state index in [9.17, 15) is 4.79 Å². The van der Waals surface area contributed by atoms with Crippen LogP contribution >= 0.6 is 27.5 Å². The number of benzene rings is 2. The van der Waals surface area contributed by atoms with Gasteiger partial charge in [-0.2, -0.15) is 0 Å². The average Bonchev–Trinajstić information content (AvgIpc) is 2.46. The van der Waals surface area contributed by atoms with E-state index in [1.807, 2.05) is 0 Å². The molecule has 0 spiro atoms. The molecule has 0 bridgehead atoms. The zero-order valence-electron chi connectivity index (χ0n) is 10.9. The predicted molar refractivity (Wildman–Crippen MR) is 82.1 cm³/mol. The minimum absolute atomic E-state index is 0.210. The van der Waals surface area contributed by atoms with E-state index < -0.39 is 0 Å². The van der Waals surface area contributed by atoms with Crippen molar-refractivity contribution in [2.45, 2.75) is 0 Å². The molecule has 2 rings (SSSR count). The third-order valence-corrected chi connectivity index (χ3v) is 3.63. The summed E-state index contributed by atoms with van der Waals surface area (Å²) in [5, 5.41) is 0.384. The van der Waals surface area contributed by atoms with Crippen LogP contribution in [0, 0.1) is 0 Å². The molecule has 0 aromatic heterocycles.